The number of amides is 2. The van der Waals surface area contributed by atoms with E-state index in [-0.39, 0.29) is 42.5 Å². The zero-order valence-corrected chi connectivity index (χ0v) is 19.3. The number of nitrogens with two attached hydrogens (primary N) is 1. The van der Waals surface area contributed by atoms with Gasteiger partial charge < -0.3 is 15.8 Å². The minimum Gasteiger partial charge on any atom is -0.372 e. The fraction of sp³-hybridized carbons (Fsp3) is 0.333. The normalized spacial score (nSPS) is 21.0. The van der Waals surface area contributed by atoms with Crippen LogP contribution in [-0.2, 0) is 9.53 Å². The van der Waals surface area contributed by atoms with Gasteiger partial charge in [-0.25, -0.2) is 5.01 Å². The molecule has 0 radical (unpaired) electrons. The molecule has 0 unspecified atom stereocenters. The summed E-state index contributed by atoms with van der Waals surface area (Å²) in [4.78, 5) is 28.0. The van der Waals surface area contributed by atoms with E-state index in [4.69, 9.17) is 33.7 Å². The van der Waals surface area contributed by atoms with Crippen molar-refractivity contribution in [2.45, 2.75) is 12.5 Å². The molecular formula is C21H22Cl3N5O3. The van der Waals surface area contributed by atoms with Gasteiger partial charge in [-0.05, 0) is 29.8 Å². The summed E-state index contributed by atoms with van der Waals surface area (Å²) >= 11 is 12.3. The highest BCUT2D eigenvalue weighted by Crippen LogP contribution is 2.33. The molecule has 1 saturated heterocycles. The van der Waals surface area contributed by atoms with Crippen LogP contribution < -0.4 is 11.1 Å². The zero-order chi connectivity index (χ0) is 22.0. The molecule has 4 rings (SSSR count). The van der Waals surface area contributed by atoms with Crippen LogP contribution in [0.2, 0.25) is 10.0 Å². The molecule has 2 amide bonds. The predicted molar refractivity (Wildman–Crippen MR) is 124 cm³/mol. The number of carbonyl (C=O) groups excluding carboxylic acids is 2. The van der Waals surface area contributed by atoms with Crippen LogP contribution in [0.3, 0.4) is 0 Å². The number of pyridine rings is 1. The summed E-state index contributed by atoms with van der Waals surface area (Å²) < 4.78 is 6.09. The molecule has 2 aromatic rings. The SMILES string of the molecule is Cl.NC(=O)c1cc(C2=NN(C[C@@H]3CNCCO[C@H]3c3ccc(Cl)c(Cl)c3)C(=O)C2)ccn1. The molecule has 1 aromatic carbocycles. The Morgan fingerprint density at radius 2 is 2.06 bits per heavy atom. The summed E-state index contributed by atoms with van der Waals surface area (Å²) in [6, 6.07) is 8.69. The quantitative estimate of drug-likeness (QED) is 0.659. The maximum absolute atomic E-state index is 12.7. The van der Waals surface area contributed by atoms with Gasteiger partial charge in [-0.15, -0.1) is 12.4 Å². The first-order chi connectivity index (χ1) is 14.9. The first-order valence-electron chi connectivity index (χ1n) is 9.83. The molecule has 3 N–H and O–H groups in total. The number of ether oxygens (including phenoxy) is 1. The number of hydrogen-bond donors (Lipinski definition) is 2. The van der Waals surface area contributed by atoms with Crippen LogP contribution in [0, 0.1) is 5.92 Å². The van der Waals surface area contributed by atoms with Crippen molar-refractivity contribution in [1.29, 1.82) is 0 Å². The molecule has 2 atom stereocenters. The molecule has 2 aliphatic heterocycles. The zero-order valence-electron chi connectivity index (χ0n) is 17.0. The van der Waals surface area contributed by atoms with Crippen molar-refractivity contribution < 1.29 is 14.3 Å². The van der Waals surface area contributed by atoms with Crippen molar-refractivity contribution in [3.05, 3.63) is 63.4 Å². The maximum atomic E-state index is 12.7. The molecule has 1 fully saturated rings. The van der Waals surface area contributed by atoms with Gasteiger partial charge in [0.05, 0.1) is 41.4 Å². The molecule has 0 saturated carbocycles. The van der Waals surface area contributed by atoms with E-state index in [2.05, 4.69) is 15.4 Å². The summed E-state index contributed by atoms with van der Waals surface area (Å²) in [7, 11) is 0. The number of hydrogen-bond acceptors (Lipinski definition) is 6. The van der Waals surface area contributed by atoms with Gasteiger partial charge in [0, 0.05) is 30.8 Å². The van der Waals surface area contributed by atoms with Crippen LogP contribution in [0.25, 0.3) is 0 Å². The van der Waals surface area contributed by atoms with Gasteiger partial charge in [0.15, 0.2) is 0 Å². The van der Waals surface area contributed by atoms with Crippen molar-refractivity contribution in [2.75, 3.05) is 26.2 Å². The molecule has 170 valence electrons. The standard InChI is InChI=1S/C21H21Cl2N5O3.ClH/c22-15-2-1-13(7-16(15)23)20-14(10-25-5-6-31-20)11-28-19(29)9-17(27-28)12-3-4-26-18(8-12)21(24)30;/h1-4,7-8,14,20,25H,5-6,9-11H2,(H2,24,30);1H/t14-,20-;/m0./s1. The van der Waals surface area contributed by atoms with Crippen molar-refractivity contribution in [3.63, 3.8) is 0 Å². The monoisotopic (exact) mass is 497 g/mol. The van der Waals surface area contributed by atoms with Gasteiger partial charge >= 0.3 is 0 Å². The molecular weight excluding hydrogens is 477 g/mol. The van der Waals surface area contributed by atoms with Crippen LogP contribution in [-0.4, -0.2) is 53.8 Å². The highest BCUT2D eigenvalue weighted by molar-refractivity contribution is 6.42. The third-order valence-corrected chi connectivity index (χ3v) is 6.02. The highest BCUT2D eigenvalue weighted by Gasteiger charge is 2.33. The van der Waals surface area contributed by atoms with Gasteiger partial charge in [0.1, 0.15) is 5.69 Å². The van der Waals surface area contributed by atoms with Gasteiger partial charge in [0.25, 0.3) is 5.91 Å². The van der Waals surface area contributed by atoms with Crippen molar-refractivity contribution in [2.24, 2.45) is 16.8 Å². The number of benzene rings is 1. The lowest BCUT2D eigenvalue weighted by atomic mass is 9.95. The second kappa shape index (κ2) is 10.6. The fourth-order valence-electron chi connectivity index (χ4n) is 3.75. The summed E-state index contributed by atoms with van der Waals surface area (Å²) in [5, 5.41) is 10.3. The predicted octanol–water partition coefficient (Wildman–Crippen LogP) is 2.82. The number of hydrazone groups is 1. The number of halogens is 3. The molecule has 32 heavy (non-hydrogen) atoms. The van der Waals surface area contributed by atoms with E-state index in [9.17, 15) is 9.59 Å². The Hall–Kier alpha value is -2.23. The summed E-state index contributed by atoms with van der Waals surface area (Å²) in [5.41, 5.74) is 7.56. The molecule has 0 spiro atoms. The van der Waals surface area contributed by atoms with Gasteiger partial charge in [-0.3, -0.25) is 14.6 Å². The number of nitrogens with one attached hydrogen (secondary N) is 1. The Labute approximate surface area is 201 Å². The molecule has 2 aliphatic rings. The van der Waals surface area contributed by atoms with E-state index in [1.165, 1.54) is 11.2 Å². The minimum atomic E-state index is -0.630. The Balaban J connectivity index is 0.00000289. The Kier molecular flexibility index (Phi) is 8.08. The lowest BCUT2D eigenvalue weighted by molar-refractivity contribution is -0.129. The topological polar surface area (TPSA) is 110 Å². The lowest BCUT2D eigenvalue weighted by Gasteiger charge is -2.27. The summed E-state index contributed by atoms with van der Waals surface area (Å²) in [6.07, 6.45) is 1.36. The Bertz CT molecular complexity index is 1050. The number of rotatable bonds is 5. The summed E-state index contributed by atoms with van der Waals surface area (Å²) in [5.74, 6) is -0.801. The van der Waals surface area contributed by atoms with Crippen LogP contribution in [0.5, 0.6) is 0 Å². The third-order valence-electron chi connectivity index (χ3n) is 5.28. The Morgan fingerprint density at radius 3 is 2.81 bits per heavy atom. The molecule has 0 aliphatic carbocycles. The van der Waals surface area contributed by atoms with Crippen LogP contribution >= 0.6 is 35.6 Å². The van der Waals surface area contributed by atoms with E-state index < -0.39 is 5.91 Å². The average Bonchev–Trinajstić information content (AvgIpc) is 2.96. The summed E-state index contributed by atoms with van der Waals surface area (Å²) in [6.45, 7) is 2.27. The maximum Gasteiger partial charge on any atom is 0.267 e. The third kappa shape index (κ3) is 5.39. The molecule has 11 heteroatoms. The first kappa shape index (κ1) is 24.4. The molecule has 0 bridgehead atoms. The second-order valence-corrected chi connectivity index (χ2v) is 8.24. The number of carbonyl (C=O) groups is 2. The number of primary amides is 1. The molecule has 8 nitrogen and oxygen atoms in total. The first-order valence-corrected chi connectivity index (χ1v) is 10.6. The van der Waals surface area contributed by atoms with Crippen LogP contribution in [0.1, 0.15) is 34.1 Å². The van der Waals surface area contributed by atoms with E-state index >= 15 is 0 Å². The number of nitrogens with zero attached hydrogens (tertiary/aromatic N) is 3. The van der Waals surface area contributed by atoms with Crippen molar-refractivity contribution in [1.82, 2.24) is 15.3 Å². The van der Waals surface area contributed by atoms with E-state index in [1.807, 2.05) is 6.07 Å². The largest absolute Gasteiger partial charge is 0.372 e. The van der Waals surface area contributed by atoms with E-state index in [0.717, 1.165) is 5.56 Å². The van der Waals surface area contributed by atoms with Gasteiger partial charge in [-0.2, -0.15) is 5.10 Å². The van der Waals surface area contributed by atoms with Crippen LogP contribution in [0.15, 0.2) is 41.6 Å². The van der Waals surface area contributed by atoms with Crippen LogP contribution in [0.4, 0.5) is 0 Å². The van der Waals surface area contributed by atoms with Gasteiger partial charge in [-0.1, -0.05) is 29.3 Å². The highest BCUT2D eigenvalue weighted by atomic mass is 35.5. The fourth-order valence-corrected chi connectivity index (χ4v) is 4.05. The van der Waals surface area contributed by atoms with Crippen molar-refractivity contribution in [3.8, 4) is 0 Å². The smallest absolute Gasteiger partial charge is 0.267 e. The van der Waals surface area contributed by atoms with E-state index in [0.29, 0.717) is 47.6 Å². The molecule has 3 heterocycles. The van der Waals surface area contributed by atoms with Gasteiger partial charge in [0.2, 0.25) is 5.91 Å². The Morgan fingerprint density at radius 1 is 1.25 bits per heavy atom. The number of aromatic nitrogens is 1. The lowest BCUT2D eigenvalue weighted by Crippen LogP contribution is -2.35. The molecule has 1 aromatic heterocycles. The van der Waals surface area contributed by atoms with Crippen molar-refractivity contribution >= 4 is 53.1 Å². The minimum absolute atomic E-state index is 0. The second-order valence-electron chi connectivity index (χ2n) is 7.42. The van der Waals surface area contributed by atoms with E-state index in [1.54, 1.807) is 24.3 Å². The average molecular weight is 499 g/mol.